The van der Waals surface area contributed by atoms with Gasteiger partial charge >= 0.3 is 0 Å². The van der Waals surface area contributed by atoms with Crippen molar-refractivity contribution in [3.63, 3.8) is 0 Å². The third-order valence-electron chi connectivity index (χ3n) is 3.84. The van der Waals surface area contributed by atoms with Crippen LogP contribution in [0, 0.1) is 6.92 Å². The number of halogens is 2. The van der Waals surface area contributed by atoms with Crippen molar-refractivity contribution in [1.82, 2.24) is 5.32 Å². The summed E-state index contributed by atoms with van der Waals surface area (Å²) in [6.07, 6.45) is 0.904. The van der Waals surface area contributed by atoms with E-state index in [-0.39, 0.29) is 6.04 Å². The largest absolute Gasteiger partial charge is 0.493 e. The molecule has 4 heteroatoms. The standard InChI is InChI=1S/C17H17Cl2NO/c1-10-3-4-13(15(19)7-10)16(20-2)14-9-12(18)8-11-5-6-21-17(11)14/h3-4,7-9,16,20H,5-6H2,1-2H3. The van der Waals surface area contributed by atoms with E-state index >= 15 is 0 Å². The summed E-state index contributed by atoms with van der Waals surface area (Å²) in [5.74, 6) is 0.940. The Morgan fingerprint density at radius 1 is 1.14 bits per heavy atom. The number of benzene rings is 2. The van der Waals surface area contributed by atoms with E-state index in [9.17, 15) is 0 Å². The molecule has 1 aliphatic heterocycles. The van der Waals surface area contributed by atoms with Crippen molar-refractivity contribution in [2.75, 3.05) is 13.7 Å². The molecule has 0 spiro atoms. The number of hydrogen-bond donors (Lipinski definition) is 1. The van der Waals surface area contributed by atoms with Gasteiger partial charge in [-0.15, -0.1) is 0 Å². The van der Waals surface area contributed by atoms with Gasteiger partial charge in [0.25, 0.3) is 0 Å². The molecule has 1 aliphatic rings. The molecule has 0 amide bonds. The van der Waals surface area contributed by atoms with Gasteiger partial charge in [0, 0.05) is 22.0 Å². The number of ether oxygens (including phenoxy) is 1. The fourth-order valence-corrected chi connectivity index (χ4v) is 3.45. The lowest BCUT2D eigenvalue weighted by molar-refractivity contribution is 0.351. The molecule has 0 bridgehead atoms. The molecule has 0 aromatic heterocycles. The predicted octanol–water partition coefficient (Wildman–Crippen LogP) is 4.55. The van der Waals surface area contributed by atoms with E-state index < -0.39 is 0 Å². The van der Waals surface area contributed by atoms with Crippen molar-refractivity contribution < 1.29 is 4.74 Å². The molecule has 0 saturated heterocycles. The average Bonchev–Trinajstić information content (AvgIpc) is 2.89. The minimum Gasteiger partial charge on any atom is -0.493 e. The van der Waals surface area contributed by atoms with Gasteiger partial charge in [-0.05, 0) is 48.9 Å². The van der Waals surface area contributed by atoms with Crippen LogP contribution in [0.5, 0.6) is 5.75 Å². The summed E-state index contributed by atoms with van der Waals surface area (Å²) in [5, 5.41) is 4.81. The van der Waals surface area contributed by atoms with Crippen LogP contribution in [0.2, 0.25) is 10.0 Å². The molecular weight excluding hydrogens is 305 g/mol. The summed E-state index contributed by atoms with van der Waals surface area (Å²) < 4.78 is 5.81. The van der Waals surface area contributed by atoms with Crippen molar-refractivity contribution in [3.8, 4) is 5.75 Å². The van der Waals surface area contributed by atoms with Gasteiger partial charge in [0.2, 0.25) is 0 Å². The van der Waals surface area contributed by atoms with Crippen LogP contribution < -0.4 is 10.1 Å². The molecule has 1 atom stereocenters. The highest BCUT2D eigenvalue weighted by Crippen LogP contribution is 2.40. The maximum Gasteiger partial charge on any atom is 0.127 e. The van der Waals surface area contributed by atoms with Crippen molar-refractivity contribution in [2.24, 2.45) is 0 Å². The molecule has 1 heterocycles. The minimum atomic E-state index is -0.0383. The summed E-state index contributed by atoms with van der Waals surface area (Å²) in [6, 6.07) is 10.0. The molecule has 3 rings (SSSR count). The Bertz CT molecular complexity index is 685. The number of hydrogen-bond acceptors (Lipinski definition) is 2. The summed E-state index contributed by atoms with van der Waals surface area (Å²) in [4.78, 5) is 0. The van der Waals surface area contributed by atoms with Gasteiger partial charge in [-0.1, -0.05) is 35.3 Å². The topological polar surface area (TPSA) is 21.3 Å². The summed E-state index contributed by atoms with van der Waals surface area (Å²) in [5.41, 5.74) is 4.39. The highest BCUT2D eigenvalue weighted by atomic mass is 35.5. The first-order valence-corrected chi connectivity index (χ1v) is 7.74. The van der Waals surface area contributed by atoms with Crippen LogP contribution in [0.4, 0.5) is 0 Å². The smallest absolute Gasteiger partial charge is 0.127 e. The first kappa shape index (κ1) is 14.7. The van der Waals surface area contributed by atoms with E-state index in [1.165, 1.54) is 5.56 Å². The zero-order chi connectivity index (χ0) is 15.0. The number of nitrogens with one attached hydrogen (secondary N) is 1. The molecule has 2 nitrogen and oxygen atoms in total. The fraction of sp³-hybridized carbons (Fsp3) is 0.294. The zero-order valence-corrected chi connectivity index (χ0v) is 13.6. The van der Waals surface area contributed by atoms with E-state index in [1.807, 2.05) is 32.2 Å². The Labute approximate surface area is 135 Å². The second-order valence-corrected chi connectivity index (χ2v) is 6.17. The van der Waals surface area contributed by atoms with Crippen LogP contribution in [0.3, 0.4) is 0 Å². The molecule has 110 valence electrons. The highest BCUT2D eigenvalue weighted by Gasteiger charge is 2.25. The van der Waals surface area contributed by atoms with Crippen LogP contribution >= 0.6 is 23.2 Å². The Morgan fingerprint density at radius 3 is 2.67 bits per heavy atom. The van der Waals surface area contributed by atoms with Crippen LogP contribution in [-0.4, -0.2) is 13.7 Å². The SMILES string of the molecule is CNC(c1ccc(C)cc1Cl)c1cc(Cl)cc2c1OCC2. The molecule has 1 unspecified atom stereocenters. The second kappa shape index (κ2) is 5.88. The van der Waals surface area contributed by atoms with Crippen molar-refractivity contribution in [1.29, 1.82) is 0 Å². The van der Waals surface area contributed by atoms with E-state index in [1.54, 1.807) is 0 Å². The molecule has 0 radical (unpaired) electrons. The first-order chi connectivity index (χ1) is 10.1. The normalized spacial score (nSPS) is 14.7. The Balaban J connectivity index is 2.13. The summed E-state index contributed by atoms with van der Waals surface area (Å²) in [6.45, 7) is 2.74. The minimum absolute atomic E-state index is 0.0383. The van der Waals surface area contributed by atoms with Gasteiger partial charge in [0.15, 0.2) is 0 Å². The van der Waals surface area contributed by atoms with Crippen LogP contribution in [0.25, 0.3) is 0 Å². The van der Waals surface area contributed by atoms with Gasteiger partial charge in [0.05, 0.1) is 12.6 Å². The summed E-state index contributed by atoms with van der Waals surface area (Å²) in [7, 11) is 1.92. The van der Waals surface area contributed by atoms with Gasteiger partial charge in [-0.2, -0.15) is 0 Å². The Kier molecular flexibility index (Phi) is 4.12. The molecular formula is C17H17Cl2NO. The monoisotopic (exact) mass is 321 g/mol. The van der Waals surface area contributed by atoms with Gasteiger partial charge in [-0.3, -0.25) is 0 Å². The van der Waals surface area contributed by atoms with Crippen LogP contribution in [0.1, 0.15) is 28.3 Å². The molecule has 2 aromatic carbocycles. The Morgan fingerprint density at radius 2 is 1.95 bits per heavy atom. The molecule has 1 N–H and O–H groups in total. The summed E-state index contributed by atoms with van der Waals surface area (Å²) >= 11 is 12.7. The number of rotatable bonds is 3. The first-order valence-electron chi connectivity index (χ1n) is 6.98. The van der Waals surface area contributed by atoms with Crippen molar-refractivity contribution >= 4 is 23.2 Å². The Hall–Kier alpha value is -1.22. The maximum atomic E-state index is 6.43. The second-order valence-electron chi connectivity index (χ2n) is 5.33. The quantitative estimate of drug-likeness (QED) is 0.895. The van der Waals surface area contributed by atoms with E-state index in [4.69, 9.17) is 27.9 Å². The van der Waals surface area contributed by atoms with E-state index in [2.05, 4.69) is 17.4 Å². The van der Waals surface area contributed by atoms with Crippen molar-refractivity contribution in [3.05, 3.63) is 62.6 Å². The third kappa shape index (κ3) is 2.76. The molecule has 0 saturated carbocycles. The lowest BCUT2D eigenvalue weighted by Crippen LogP contribution is -2.19. The van der Waals surface area contributed by atoms with E-state index in [0.29, 0.717) is 6.61 Å². The van der Waals surface area contributed by atoms with Gasteiger partial charge in [0.1, 0.15) is 5.75 Å². The predicted molar refractivity (Wildman–Crippen MR) is 87.7 cm³/mol. The maximum absolute atomic E-state index is 6.43. The van der Waals surface area contributed by atoms with Crippen molar-refractivity contribution in [2.45, 2.75) is 19.4 Å². The lowest BCUT2D eigenvalue weighted by atomic mass is 9.95. The van der Waals surface area contributed by atoms with E-state index in [0.717, 1.165) is 38.9 Å². The number of fused-ring (bicyclic) bond motifs is 1. The number of aryl methyl sites for hydroxylation is 1. The molecule has 0 fully saturated rings. The van der Waals surface area contributed by atoms with Gasteiger partial charge < -0.3 is 10.1 Å². The molecule has 0 aliphatic carbocycles. The zero-order valence-electron chi connectivity index (χ0n) is 12.0. The molecule has 2 aromatic rings. The fourth-order valence-electron chi connectivity index (χ4n) is 2.86. The third-order valence-corrected chi connectivity index (χ3v) is 4.39. The van der Waals surface area contributed by atoms with Gasteiger partial charge in [-0.25, -0.2) is 0 Å². The average molecular weight is 322 g/mol. The lowest BCUT2D eigenvalue weighted by Gasteiger charge is -2.21. The highest BCUT2D eigenvalue weighted by molar-refractivity contribution is 6.31. The van der Waals surface area contributed by atoms with Crippen LogP contribution in [0.15, 0.2) is 30.3 Å². The molecule has 21 heavy (non-hydrogen) atoms. The van der Waals surface area contributed by atoms with Crippen LogP contribution in [-0.2, 0) is 6.42 Å².